The van der Waals surface area contributed by atoms with E-state index >= 15 is 0 Å². The quantitative estimate of drug-likeness (QED) is 0.0973. The first kappa shape index (κ1) is 28.1. The maximum atomic E-state index is 10.0. The van der Waals surface area contributed by atoms with E-state index < -0.39 is 8.07 Å². The lowest BCUT2D eigenvalue weighted by Gasteiger charge is -2.30. The van der Waals surface area contributed by atoms with Crippen molar-refractivity contribution in [2.45, 2.75) is 39.0 Å². The highest BCUT2D eigenvalue weighted by Crippen LogP contribution is 2.44. The first-order chi connectivity index (χ1) is 20.6. The van der Waals surface area contributed by atoms with Crippen molar-refractivity contribution in [1.82, 2.24) is 0 Å². The Morgan fingerprint density at radius 1 is 0.667 bits per heavy atom. The van der Waals surface area contributed by atoms with Gasteiger partial charge >= 0.3 is 0 Å². The fourth-order valence-corrected chi connectivity index (χ4v) is 15.9. The van der Waals surface area contributed by atoms with Crippen molar-refractivity contribution in [3.05, 3.63) is 100 Å². The van der Waals surface area contributed by atoms with Crippen LogP contribution in [0.3, 0.4) is 0 Å². The van der Waals surface area contributed by atoms with Gasteiger partial charge in [-0.15, -0.1) is 34.0 Å². The van der Waals surface area contributed by atoms with Crippen molar-refractivity contribution < 1.29 is 0 Å². The Morgan fingerprint density at radius 2 is 1.31 bits per heavy atom. The number of thiophene rings is 3. The van der Waals surface area contributed by atoms with Crippen molar-refractivity contribution in [3.63, 3.8) is 0 Å². The minimum atomic E-state index is -2.73. The van der Waals surface area contributed by atoms with E-state index in [9.17, 15) is 15.8 Å². The number of hydrogen-bond acceptors (Lipinski definition) is 6. The van der Waals surface area contributed by atoms with Crippen LogP contribution in [0.25, 0.3) is 25.1 Å². The Hall–Kier alpha value is -4.03. The number of nitrogens with zero attached hydrogens (tertiary/aromatic N) is 3. The number of unbranched alkanes of at least 4 members (excludes halogenated alkanes) is 3. The molecule has 0 spiro atoms. The Balaban J connectivity index is 1.58. The predicted octanol–water partition coefficient (Wildman–Crippen LogP) is 7.34. The summed E-state index contributed by atoms with van der Waals surface area (Å²) >= 11 is 5.28. The molecule has 0 amide bonds. The Kier molecular flexibility index (Phi) is 8.07. The Bertz CT molecular complexity index is 1850. The van der Waals surface area contributed by atoms with Crippen LogP contribution in [-0.2, 0) is 6.42 Å². The fraction of sp³-hybridized carbons (Fsp3) is 0.171. The van der Waals surface area contributed by atoms with E-state index in [1.54, 1.807) is 11.3 Å². The van der Waals surface area contributed by atoms with Crippen molar-refractivity contribution in [1.29, 1.82) is 15.8 Å². The normalized spacial score (nSPS) is 12.5. The maximum absolute atomic E-state index is 10.0. The van der Waals surface area contributed by atoms with Crippen molar-refractivity contribution >= 4 is 68.4 Å². The van der Waals surface area contributed by atoms with Gasteiger partial charge in [0.15, 0.2) is 8.07 Å². The third-order valence-electron chi connectivity index (χ3n) is 7.91. The van der Waals surface area contributed by atoms with E-state index in [2.05, 4.69) is 97.9 Å². The van der Waals surface area contributed by atoms with Gasteiger partial charge in [-0.05, 0) is 57.9 Å². The molecule has 1 aliphatic heterocycles. The average molecular weight is 614 g/mol. The number of benzene rings is 2. The molecule has 0 bridgehead atoms. The second-order valence-electron chi connectivity index (χ2n) is 10.4. The van der Waals surface area contributed by atoms with Crippen molar-refractivity contribution in [3.8, 4) is 37.7 Å². The van der Waals surface area contributed by atoms with Gasteiger partial charge in [-0.1, -0.05) is 86.8 Å². The molecule has 0 atom stereocenters. The average Bonchev–Trinajstić information content (AvgIpc) is 3.81. The largest absolute Gasteiger partial charge is 0.192 e. The molecule has 3 nitrogen and oxygen atoms in total. The topological polar surface area (TPSA) is 71.4 Å². The highest BCUT2D eigenvalue weighted by Gasteiger charge is 2.51. The van der Waals surface area contributed by atoms with Crippen LogP contribution in [-0.4, -0.2) is 8.07 Å². The summed E-state index contributed by atoms with van der Waals surface area (Å²) in [7, 11) is -2.73. The zero-order valence-corrected chi connectivity index (χ0v) is 26.6. The molecule has 7 heteroatoms. The monoisotopic (exact) mass is 613 g/mol. The summed E-state index contributed by atoms with van der Waals surface area (Å²) < 4.78 is 0. The Morgan fingerprint density at radius 3 is 1.93 bits per heavy atom. The first-order valence-electron chi connectivity index (χ1n) is 14.1. The van der Waals surface area contributed by atoms with E-state index in [0.29, 0.717) is 4.88 Å². The molecule has 0 fully saturated rings. The summed E-state index contributed by atoms with van der Waals surface area (Å²) in [6.45, 7) is 2.25. The van der Waals surface area contributed by atoms with Crippen LogP contribution in [0, 0.1) is 34.0 Å². The zero-order valence-electron chi connectivity index (χ0n) is 23.2. The molecule has 204 valence electrons. The summed E-state index contributed by atoms with van der Waals surface area (Å²) in [6.07, 6.45) is 6.18. The smallest absolute Gasteiger partial charge is 0.182 e. The van der Waals surface area contributed by atoms with E-state index in [0.717, 1.165) is 11.3 Å². The van der Waals surface area contributed by atoms with Gasteiger partial charge < -0.3 is 0 Å². The van der Waals surface area contributed by atoms with E-state index in [1.807, 2.05) is 34.8 Å². The van der Waals surface area contributed by atoms with Crippen LogP contribution in [0.15, 0.2) is 90.5 Å². The number of fused-ring (bicyclic) bond motifs is 3. The number of rotatable bonds is 9. The van der Waals surface area contributed by atoms with Gasteiger partial charge in [-0.3, -0.25) is 0 Å². The standard InChI is InChI=1S/C35H27N3S3Si/c1-2-3-4-7-12-25-17-18-29(39-25)31-20-33-35(41-31)34-32(19-30(40-34)28(23-38)24(21-36)22-37)42(33,26-13-8-5-9-14-26)27-15-10-6-11-16-27/h5-6,8-11,13-20H,2-4,7,12H2,1H3. The summed E-state index contributed by atoms with van der Waals surface area (Å²) in [5.74, 6) is 0. The molecule has 2 aromatic carbocycles. The molecule has 0 saturated heterocycles. The molecule has 3 aromatic heterocycles. The molecule has 0 aliphatic carbocycles. The lowest BCUT2D eigenvalue weighted by molar-refractivity contribution is 0.670. The molecule has 0 radical (unpaired) electrons. The second kappa shape index (κ2) is 12.1. The molecular formula is C35H27N3S3Si. The van der Waals surface area contributed by atoms with Crippen LogP contribution in [0.2, 0.25) is 0 Å². The SMILES string of the molecule is CCCCCCc1ccc(-c2cc3c(s2)-c2sc(C(C#N)=C(C#N)C#N)cc2[Si]3(c2ccccc2)c2ccccc2)s1. The van der Waals surface area contributed by atoms with Gasteiger partial charge in [0.2, 0.25) is 0 Å². The molecule has 0 unspecified atom stereocenters. The summed E-state index contributed by atoms with van der Waals surface area (Å²) in [6, 6.07) is 36.7. The van der Waals surface area contributed by atoms with Gasteiger partial charge in [-0.2, -0.15) is 15.8 Å². The minimum absolute atomic E-state index is 0.138. The van der Waals surface area contributed by atoms with Gasteiger partial charge in [0.25, 0.3) is 0 Å². The Labute approximate surface area is 259 Å². The summed E-state index contributed by atoms with van der Waals surface area (Å²) in [5, 5.41) is 34.4. The van der Waals surface area contributed by atoms with Crippen LogP contribution < -0.4 is 20.7 Å². The van der Waals surface area contributed by atoms with Gasteiger partial charge in [0.05, 0.1) is 5.57 Å². The molecule has 4 heterocycles. The zero-order chi connectivity index (χ0) is 29.1. The van der Waals surface area contributed by atoms with Crippen LogP contribution >= 0.6 is 34.0 Å². The number of aryl methyl sites for hydroxylation is 1. The molecule has 1 aliphatic rings. The molecular weight excluding hydrogens is 587 g/mol. The molecule has 5 aromatic rings. The van der Waals surface area contributed by atoms with Crippen molar-refractivity contribution in [2.24, 2.45) is 0 Å². The van der Waals surface area contributed by atoms with E-state index in [-0.39, 0.29) is 11.1 Å². The first-order valence-corrected chi connectivity index (χ1v) is 18.5. The van der Waals surface area contributed by atoms with E-state index in [4.69, 9.17) is 0 Å². The molecule has 6 rings (SSSR count). The van der Waals surface area contributed by atoms with Crippen LogP contribution in [0.4, 0.5) is 0 Å². The van der Waals surface area contributed by atoms with Gasteiger partial charge in [0.1, 0.15) is 23.8 Å². The summed E-state index contributed by atoms with van der Waals surface area (Å²) in [4.78, 5) is 7.12. The lowest BCUT2D eigenvalue weighted by atomic mass is 10.1. The molecule has 42 heavy (non-hydrogen) atoms. The maximum Gasteiger partial charge on any atom is 0.182 e. The lowest BCUT2D eigenvalue weighted by Crippen LogP contribution is -2.72. The molecule has 0 N–H and O–H groups in total. The van der Waals surface area contributed by atoms with Gasteiger partial charge in [0, 0.05) is 29.3 Å². The third-order valence-corrected chi connectivity index (χ3v) is 16.9. The van der Waals surface area contributed by atoms with Crippen LogP contribution in [0.1, 0.15) is 42.4 Å². The van der Waals surface area contributed by atoms with Crippen molar-refractivity contribution in [2.75, 3.05) is 0 Å². The minimum Gasteiger partial charge on any atom is -0.192 e. The van der Waals surface area contributed by atoms with Gasteiger partial charge in [-0.25, -0.2) is 0 Å². The van der Waals surface area contributed by atoms with E-state index in [1.165, 1.54) is 65.9 Å². The number of nitriles is 3. The fourth-order valence-electron chi connectivity index (χ4n) is 5.97. The summed E-state index contributed by atoms with van der Waals surface area (Å²) in [5.41, 5.74) is 0.0222. The number of hydrogen-bond donors (Lipinski definition) is 0. The molecule has 0 saturated carbocycles. The highest BCUT2D eigenvalue weighted by atomic mass is 32.1. The van der Waals surface area contributed by atoms with Crippen LogP contribution in [0.5, 0.6) is 0 Å². The second-order valence-corrected chi connectivity index (χ2v) is 17.4. The predicted molar refractivity (Wildman–Crippen MR) is 180 cm³/mol. The highest BCUT2D eigenvalue weighted by molar-refractivity contribution is 7.35. The third kappa shape index (κ3) is 4.68. The number of allylic oxidation sites excluding steroid dienone is 2.